The summed E-state index contributed by atoms with van der Waals surface area (Å²) in [4.78, 5) is 72.3. The maximum atomic E-state index is 13.1. The van der Waals surface area contributed by atoms with E-state index >= 15 is 0 Å². The van der Waals surface area contributed by atoms with Crippen molar-refractivity contribution in [1.29, 1.82) is 0 Å². The summed E-state index contributed by atoms with van der Waals surface area (Å²) in [6, 6.07) is -1.31. The van der Waals surface area contributed by atoms with E-state index in [1.54, 1.807) is 0 Å². The molecule has 3 fully saturated rings. The number of hydrogen-bond acceptors (Lipinski definition) is 7. The number of nitrogens with two attached hydrogens (primary N) is 1. The third-order valence-corrected chi connectivity index (χ3v) is 9.14. The topological polar surface area (TPSA) is 168 Å². The zero-order valence-corrected chi connectivity index (χ0v) is 26.2. The van der Waals surface area contributed by atoms with Gasteiger partial charge in [0.2, 0.25) is 12.3 Å². The molecule has 0 radical (unpaired) electrons. The molecular weight excluding hydrogens is 546 g/mol. The second kappa shape index (κ2) is 15.6. The molecule has 3 rings (SSSR count). The van der Waals surface area contributed by atoms with Gasteiger partial charge in [-0.1, -0.05) is 41.0 Å². The molecule has 0 aromatic heterocycles. The first-order valence-corrected chi connectivity index (χ1v) is 15.7. The number of Topliss-reactive ketones (excluding diaryl/α,β-unsaturated/α-hetero) is 2. The van der Waals surface area contributed by atoms with Crippen LogP contribution in [0.4, 0.5) is 4.79 Å². The Morgan fingerprint density at radius 2 is 1.68 bits per heavy atom. The van der Waals surface area contributed by atoms with Crippen molar-refractivity contribution in [1.82, 2.24) is 20.9 Å². The molecule has 1 saturated heterocycles. The number of hydrogen-bond donors (Lipinski definition) is 4. The van der Waals surface area contributed by atoms with Crippen molar-refractivity contribution in [2.24, 2.45) is 23.0 Å². The number of thioether (sulfide) groups is 1. The van der Waals surface area contributed by atoms with Crippen LogP contribution in [-0.2, 0) is 24.0 Å². The number of nitrogens with one attached hydrogen (secondary N) is 3. The lowest BCUT2D eigenvalue weighted by atomic mass is 9.85. The predicted molar refractivity (Wildman–Crippen MR) is 159 cm³/mol. The van der Waals surface area contributed by atoms with Gasteiger partial charge in [0.25, 0.3) is 11.7 Å². The Bertz CT molecular complexity index is 962. The van der Waals surface area contributed by atoms with E-state index in [4.69, 9.17) is 5.73 Å². The number of rotatable bonds is 14. The first kappa shape index (κ1) is 34.6. The molecule has 41 heavy (non-hydrogen) atoms. The minimum absolute atomic E-state index is 0.0284. The van der Waals surface area contributed by atoms with Gasteiger partial charge in [0.15, 0.2) is 5.78 Å². The van der Waals surface area contributed by atoms with E-state index in [9.17, 15) is 28.8 Å². The number of nitrogens with zero attached hydrogens (tertiary/aromatic N) is 1. The van der Waals surface area contributed by atoms with E-state index < -0.39 is 40.6 Å². The van der Waals surface area contributed by atoms with Gasteiger partial charge in [0, 0.05) is 23.8 Å². The Balaban J connectivity index is 0.000000377. The third kappa shape index (κ3) is 10.9. The number of ketones is 2. The van der Waals surface area contributed by atoms with Gasteiger partial charge in [0.1, 0.15) is 11.4 Å². The maximum Gasteiger partial charge on any atom is 0.316 e. The van der Waals surface area contributed by atoms with Gasteiger partial charge in [-0.2, -0.15) is 0 Å². The van der Waals surface area contributed by atoms with Gasteiger partial charge < -0.3 is 26.6 Å². The largest absolute Gasteiger partial charge is 0.363 e. The Hall–Kier alpha value is -2.63. The van der Waals surface area contributed by atoms with Crippen LogP contribution in [-0.4, -0.2) is 76.0 Å². The molecule has 12 heteroatoms. The summed E-state index contributed by atoms with van der Waals surface area (Å²) in [7, 11) is 0. The Kier molecular flexibility index (Phi) is 13.1. The molecule has 5 N–H and O–H groups in total. The van der Waals surface area contributed by atoms with Gasteiger partial charge in [0.05, 0.1) is 6.04 Å². The summed E-state index contributed by atoms with van der Waals surface area (Å²) in [5.74, 6) is -1.46. The number of carbonyl (C=O) groups is 6. The Labute approximate surface area is 248 Å². The van der Waals surface area contributed by atoms with Gasteiger partial charge >= 0.3 is 6.03 Å². The second-order valence-electron chi connectivity index (χ2n) is 12.6. The van der Waals surface area contributed by atoms with Crippen LogP contribution < -0.4 is 21.7 Å². The highest BCUT2D eigenvalue weighted by molar-refractivity contribution is 8.01. The van der Waals surface area contributed by atoms with Crippen LogP contribution in [0.25, 0.3) is 0 Å². The molecule has 1 aliphatic heterocycles. The van der Waals surface area contributed by atoms with E-state index in [1.165, 1.54) is 11.8 Å². The lowest BCUT2D eigenvalue weighted by Crippen LogP contribution is -2.59. The van der Waals surface area contributed by atoms with Crippen LogP contribution in [0.15, 0.2) is 0 Å². The van der Waals surface area contributed by atoms with Crippen LogP contribution in [0, 0.1) is 17.3 Å². The van der Waals surface area contributed by atoms with Crippen molar-refractivity contribution in [3.8, 4) is 0 Å². The molecule has 5 unspecified atom stereocenters. The smallest absolute Gasteiger partial charge is 0.316 e. The molecule has 11 nitrogen and oxygen atoms in total. The average molecular weight is 596 g/mol. The highest BCUT2D eigenvalue weighted by Gasteiger charge is 2.41. The summed E-state index contributed by atoms with van der Waals surface area (Å²) in [6.45, 7) is 12.8. The Morgan fingerprint density at radius 3 is 2.12 bits per heavy atom. The highest BCUT2D eigenvalue weighted by atomic mass is 32.2. The number of amides is 5. The monoisotopic (exact) mass is 595 g/mol. The average Bonchev–Trinajstić information content (AvgIpc) is 3.83. The van der Waals surface area contributed by atoms with Crippen molar-refractivity contribution >= 4 is 47.6 Å². The van der Waals surface area contributed by atoms with Gasteiger partial charge in [-0.15, -0.1) is 11.8 Å². The van der Waals surface area contributed by atoms with E-state index in [1.807, 2.05) is 32.6 Å². The van der Waals surface area contributed by atoms with Crippen molar-refractivity contribution in [2.75, 3.05) is 6.54 Å². The Morgan fingerprint density at radius 1 is 1.05 bits per heavy atom. The zero-order valence-electron chi connectivity index (χ0n) is 25.4. The molecule has 3 aliphatic rings. The summed E-state index contributed by atoms with van der Waals surface area (Å²) in [5.41, 5.74) is 4.39. The molecule has 5 atom stereocenters. The van der Waals surface area contributed by atoms with Crippen molar-refractivity contribution in [2.45, 2.75) is 122 Å². The molecule has 0 spiro atoms. The van der Waals surface area contributed by atoms with Crippen LogP contribution in [0.2, 0.25) is 0 Å². The molecule has 1 heterocycles. The predicted octanol–water partition coefficient (Wildman–Crippen LogP) is 2.50. The van der Waals surface area contributed by atoms with Crippen molar-refractivity contribution < 1.29 is 28.8 Å². The lowest BCUT2D eigenvalue weighted by molar-refractivity contribution is -0.136. The normalized spacial score (nSPS) is 21.3. The first-order valence-electron chi connectivity index (χ1n) is 14.8. The molecule has 0 aromatic carbocycles. The fourth-order valence-electron chi connectivity index (χ4n) is 4.89. The second-order valence-corrected chi connectivity index (χ2v) is 14.0. The third-order valence-electron chi connectivity index (χ3n) is 7.66. The van der Waals surface area contributed by atoms with Gasteiger partial charge in [-0.25, -0.2) is 4.79 Å². The molecule has 2 saturated carbocycles. The van der Waals surface area contributed by atoms with Crippen molar-refractivity contribution in [3.63, 3.8) is 0 Å². The highest BCUT2D eigenvalue weighted by Crippen LogP contribution is 2.36. The molecular formula is C29H49N5O6S. The fraction of sp³-hybridized carbons (Fsp3) is 0.793. The summed E-state index contributed by atoms with van der Waals surface area (Å²) < 4.78 is 0. The SMILES string of the molecule is CCCC(C)C(NC(=O)NC(C(=O)N1CCCC1C)C(C)(C)C)C(=O)C1CC1.NC(=O)C(=O)C(NC=O)SC1CC1. The number of carbonyl (C=O) groups excluding carboxylic acids is 6. The number of primary amides is 1. The maximum absolute atomic E-state index is 13.1. The van der Waals surface area contributed by atoms with Crippen LogP contribution in [0.5, 0.6) is 0 Å². The first-order chi connectivity index (χ1) is 19.2. The van der Waals surface area contributed by atoms with Gasteiger partial charge in [-0.3, -0.25) is 24.0 Å². The summed E-state index contributed by atoms with van der Waals surface area (Å²) in [5, 5.41) is 7.65. The van der Waals surface area contributed by atoms with E-state index in [2.05, 4.69) is 29.8 Å². The van der Waals surface area contributed by atoms with Crippen LogP contribution in [0.1, 0.15) is 92.9 Å². The quantitative estimate of drug-likeness (QED) is 0.136. The molecule has 0 bridgehead atoms. The summed E-state index contributed by atoms with van der Waals surface area (Å²) >= 11 is 1.28. The van der Waals surface area contributed by atoms with E-state index in [0.717, 1.165) is 57.9 Å². The fourth-order valence-corrected chi connectivity index (χ4v) is 6.06. The van der Waals surface area contributed by atoms with Crippen LogP contribution in [0.3, 0.4) is 0 Å². The van der Waals surface area contributed by atoms with Crippen LogP contribution >= 0.6 is 11.8 Å². The van der Waals surface area contributed by atoms with E-state index in [-0.39, 0.29) is 29.6 Å². The molecule has 232 valence electrons. The minimum atomic E-state index is -1.01. The molecule has 5 amide bonds. The molecule has 2 aliphatic carbocycles. The molecule has 0 aromatic rings. The number of likely N-dealkylation sites (tertiary alicyclic amines) is 1. The van der Waals surface area contributed by atoms with Gasteiger partial charge in [-0.05, 0) is 63.2 Å². The lowest BCUT2D eigenvalue weighted by Gasteiger charge is -2.35. The van der Waals surface area contributed by atoms with E-state index in [0.29, 0.717) is 11.7 Å². The zero-order chi connectivity index (χ0) is 30.9. The number of urea groups is 1. The standard InChI is InChI=1S/C22H39N3O3.C7H10N2O3S/c1-7-9-14(2)17(18(26)16-11-12-16)23-21(28)24-19(22(4,5)6)20(27)25-13-8-10-15(25)3;8-6(12)5(11)7(9-3-10)13-4-1-2-4/h14-17,19H,7-13H2,1-6H3,(H2,23,24,28);3-4,7H,1-2H2,(H2,8,12)(H,9,10). The summed E-state index contributed by atoms with van der Waals surface area (Å²) in [6.07, 6.45) is 8.15. The minimum Gasteiger partial charge on any atom is -0.363 e. The van der Waals surface area contributed by atoms with Crippen molar-refractivity contribution in [3.05, 3.63) is 0 Å².